The average Bonchev–Trinajstić information content (AvgIpc) is 2.23. The van der Waals surface area contributed by atoms with Crippen molar-refractivity contribution in [3.63, 3.8) is 0 Å². The molecule has 0 aliphatic rings. The van der Waals surface area contributed by atoms with Crippen molar-refractivity contribution in [2.24, 2.45) is 0 Å². The topological polar surface area (TPSA) is 77.2 Å². The van der Waals surface area contributed by atoms with E-state index >= 15 is 0 Å². The van der Waals surface area contributed by atoms with Gasteiger partial charge in [0.1, 0.15) is 9.84 Å². The smallest absolute Gasteiger partial charge is 0.398 e. The quantitative estimate of drug-likeness (QED) is 0.853. The highest BCUT2D eigenvalue weighted by Crippen LogP contribution is 2.32. The first kappa shape index (κ1) is 16.0. The first-order chi connectivity index (χ1) is 8.50. The van der Waals surface area contributed by atoms with Crippen molar-refractivity contribution < 1.29 is 25.8 Å². The van der Waals surface area contributed by atoms with Crippen LogP contribution in [0.4, 0.5) is 18.9 Å². The number of anilines is 1. The molecule has 1 unspecified atom stereocenters. The maximum Gasteiger partial charge on any atom is 0.416 e. The Morgan fingerprint density at radius 3 is 2.32 bits per heavy atom. The predicted molar refractivity (Wildman–Crippen MR) is 66.8 cm³/mol. The Bertz CT molecular complexity index is 597. The number of nitrogens with two attached hydrogens (primary N) is 1. The van der Waals surface area contributed by atoms with Gasteiger partial charge in [-0.2, -0.15) is 13.2 Å². The van der Waals surface area contributed by atoms with E-state index in [9.17, 15) is 25.8 Å². The fourth-order valence-electron chi connectivity index (χ4n) is 1.27. The summed E-state index contributed by atoms with van der Waals surface area (Å²) in [5, 5.41) is 0. The van der Waals surface area contributed by atoms with Gasteiger partial charge in [0.05, 0.1) is 27.0 Å². The Hall–Kier alpha value is -1.09. The van der Waals surface area contributed by atoms with Crippen molar-refractivity contribution in [2.45, 2.75) is 11.1 Å². The standard InChI is InChI=1S/C10H12F3NO3S2/c1-19(16,17)5-4-18(15)9-3-2-7(6-8(9)14)10(11,12)13/h2-3,6H,4-5,14H2,1H3. The lowest BCUT2D eigenvalue weighted by Crippen LogP contribution is -2.13. The van der Waals surface area contributed by atoms with Crippen LogP contribution in [0.1, 0.15) is 5.56 Å². The normalized spacial score (nSPS) is 14.3. The van der Waals surface area contributed by atoms with Gasteiger partial charge in [0.15, 0.2) is 0 Å². The third kappa shape index (κ3) is 4.83. The molecule has 0 aliphatic heterocycles. The predicted octanol–water partition coefficient (Wildman–Crippen LogP) is 1.44. The van der Waals surface area contributed by atoms with Crippen LogP contribution in [0.2, 0.25) is 0 Å². The molecule has 0 fully saturated rings. The molecule has 0 radical (unpaired) electrons. The van der Waals surface area contributed by atoms with Gasteiger partial charge in [-0.05, 0) is 18.2 Å². The molecule has 0 bridgehead atoms. The first-order valence-corrected chi connectivity index (χ1v) is 8.41. The van der Waals surface area contributed by atoms with Crippen LogP contribution >= 0.6 is 0 Å². The van der Waals surface area contributed by atoms with Crippen LogP contribution in [-0.2, 0) is 26.8 Å². The van der Waals surface area contributed by atoms with E-state index in [1.54, 1.807) is 0 Å². The third-order valence-electron chi connectivity index (χ3n) is 2.22. The molecule has 0 aromatic heterocycles. The van der Waals surface area contributed by atoms with E-state index in [-0.39, 0.29) is 22.1 Å². The summed E-state index contributed by atoms with van der Waals surface area (Å²) in [5.74, 6) is -0.519. The molecule has 1 atom stereocenters. The molecule has 0 saturated carbocycles. The molecule has 0 spiro atoms. The number of alkyl halides is 3. The van der Waals surface area contributed by atoms with E-state index in [0.29, 0.717) is 6.07 Å². The van der Waals surface area contributed by atoms with Crippen LogP contribution < -0.4 is 5.73 Å². The molecule has 2 N–H and O–H groups in total. The number of benzene rings is 1. The zero-order valence-electron chi connectivity index (χ0n) is 9.90. The highest BCUT2D eigenvalue weighted by molar-refractivity contribution is 7.92. The second-order valence-electron chi connectivity index (χ2n) is 3.93. The Morgan fingerprint density at radius 2 is 1.89 bits per heavy atom. The van der Waals surface area contributed by atoms with Gasteiger partial charge in [0.2, 0.25) is 0 Å². The summed E-state index contributed by atoms with van der Waals surface area (Å²) in [5.41, 5.74) is 4.22. The summed E-state index contributed by atoms with van der Waals surface area (Å²) in [6.07, 6.45) is -3.54. The van der Waals surface area contributed by atoms with Crippen LogP contribution in [0.15, 0.2) is 23.1 Å². The van der Waals surface area contributed by atoms with Crippen molar-refractivity contribution >= 4 is 26.3 Å². The Balaban J connectivity index is 2.94. The van der Waals surface area contributed by atoms with Crippen molar-refractivity contribution in [1.82, 2.24) is 0 Å². The van der Waals surface area contributed by atoms with E-state index in [1.165, 1.54) is 0 Å². The lowest BCUT2D eigenvalue weighted by molar-refractivity contribution is -0.137. The van der Waals surface area contributed by atoms with Gasteiger partial charge in [-0.25, -0.2) is 8.42 Å². The van der Waals surface area contributed by atoms with Gasteiger partial charge >= 0.3 is 6.18 Å². The highest BCUT2D eigenvalue weighted by Gasteiger charge is 2.31. The number of hydrogen-bond acceptors (Lipinski definition) is 4. The number of nitrogen functional groups attached to an aromatic ring is 1. The fraction of sp³-hybridized carbons (Fsp3) is 0.400. The van der Waals surface area contributed by atoms with Crippen LogP contribution in [0.25, 0.3) is 0 Å². The molecule has 108 valence electrons. The zero-order chi connectivity index (χ0) is 14.8. The number of rotatable bonds is 4. The summed E-state index contributed by atoms with van der Waals surface area (Å²) in [4.78, 5) is 0.0108. The molecule has 9 heteroatoms. The highest BCUT2D eigenvalue weighted by atomic mass is 32.2. The minimum absolute atomic E-state index is 0.0108. The number of sulfone groups is 1. The van der Waals surface area contributed by atoms with Gasteiger partial charge in [0, 0.05) is 17.7 Å². The van der Waals surface area contributed by atoms with Gasteiger partial charge < -0.3 is 5.73 Å². The molecule has 19 heavy (non-hydrogen) atoms. The van der Waals surface area contributed by atoms with Crippen molar-refractivity contribution in [1.29, 1.82) is 0 Å². The lowest BCUT2D eigenvalue weighted by Gasteiger charge is -2.10. The Labute approximate surface area is 111 Å². The molecule has 1 aromatic rings. The molecule has 0 amide bonds. The third-order valence-corrected chi connectivity index (χ3v) is 4.86. The van der Waals surface area contributed by atoms with Crippen LogP contribution in [0, 0.1) is 0 Å². The molecule has 1 rings (SSSR count). The summed E-state index contributed by atoms with van der Waals surface area (Å²) in [6.45, 7) is 0. The average molecular weight is 315 g/mol. The van der Waals surface area contributed by atoms with Gasteiger partial charge in [-0.15, -0.1) is 0 Å². The maximum absolute atomic E-state index is 12.4. The molecule has 1 aromatic carbocycles. The Kier molecular flexibility index (Phi) is 4.62. The van der Waals surface area contributed by atoms with Crippen molar-refractivity contribution in [3.8, 4) is 0 Å². The first-order valence-electron chi connectivity index (χ1n) is 5.03. The van der Waals surface area contributed by atoms with E-state index in [1.807, 2.05) is 0 Å². The molecular weight excluding hydrogens is 303 g/mol. The second kappa shape index (κ2) is 5.49. The van der Waals surface area contributed by atoms with Crippen molar-refractivity contribution in [3.05, 3.63) is 23.8 Å². The van der Waals surface area contributed by atoms with E-state index < -0.39 is 32.4 Å². The molecule has 0 saturated heterocycles. The minimum Gasteiger partial charge on any atom is -0.398 e. The van der Waals surface area contributed by atoms with E-state index in [2.05, 4.69) is 0 Å². The SMILES string of the molecule is CS(=O)(=O)CCS(=O)c1ccc(C(F)(F)F)cc1N. The largest absolute Gasteiger partial charge is 0.416 e. The van der Waals surface area contributed by atoms with Gasteiger partial charge in [-0.1, -0.05) is 0 Å². The molecule has 4 nitrogen and oxygen atoms in total. The fourth-order valence-corrected chi connectivity index (χ4v) is 3.85. The van der Waals surface area contributed by atoms with Crippen LogP contribution in [0.3, 0.4) is 0 Å². The van der Waals surface area contributed by atoms with E-state index in [0.717, 1.165) is 18.4 Å². The molecule has 0 heterocycles. The number of halogens is 3. The summed E-state index contributed by atoms with van der Waals surface area (Å²) >= 11 is 0. The summed E-state index contributed by atoms with van der Waals surface area (Å²) < 4.78 is 70.8. The monoisotopic (exact) mass is 315 g/mol. The van der Waals surface area contributed by atoms with Crippen LogP contribution in [0.5, 0.6) is 0 Å². The molecular formula is C10H12F3NO3S2. The van der Waals surface area contributed by atoms with E-state index in [4.69, 9.17) is 5.73 Å². The van der Waals surface area contributed by atoms with Gasteiger partial charge in [-0.3, -0.25) is 4.21 Å². The molecule has 0 aliphatic carbocycles. The van der Waals surface area contributed by atoms with Gasteiger partial charge in [0.25, 0.3) is 0 Å². The van der Waals surface area contributed by atoms with Crippen LogP contribution in [-0.4, -0.2) is 30.4 Å². The van der Waals surface area contributed by atoms with Crippen molar-refractivity contribution in [2.75, 3.05) is 23.5 Å². The summed E-state index contributed by atoms with van der Waals surface area (Å²) in [6, 6.07) is 2.47. The second-order valence-corrected chi connectivity index (χ2v) is 7.73. The minimum atomic E-state index is -4.53. The Morgan fingerprint density at radius 1 is 1.32 bits per heavy atom. The summed E-state index contributed by atoms with van der Waals surface area (Å²) in [7, 11) is -5.03. The number of hydrogen-bond donors (Lipinski definition) is 1. The maximum atomic E-state index is 12.4. The lowest BCUT2D eigenvalue weighted by atomic mass is 10.2. The zero-order valence-corrected chi connectivity index (χ0v) is 11.5.